The van der Waals surface area contributed by atoms with Crippen molar-refractivity contribution < 1.29 is 22.3 Å². The summed E-state index contributed by atoms with van der Waals surface area (Å²) in [6.07, 6.45) is -4.78. The lowest BCUT2D eigenvalue weighted by Crippen LogP contribution is -2.18. The minimum absolute atomic E-state index is 0.249. The second-order valence-corrected chi connectivity index (χ2v) is 4.60. The first-order valence-electron chi connectivity index (χ1n) is 6.10. The molecule has 0 bridgehead atoms. The number of anilines is 1. The lowest BCUT2D eigenvalue weighted by Gasteiger charge is -2.20. The van der Waals surface area contributed by atoms with Crippen molar-refractivity contribution in [2.75, 3.05) is 19.0 Å². The zero-order chi connectivity index (χ0) is 15.6. The fourth-order valence-corrected chi connectivity index (χ4v) is 2.01. The summed E-state index contributed by atoms with van der Waals surface area (Å²) in [5.74, 6) is -0.781. The van der Waals surface area contributed by atoms with Gasteiger partial charge in [-0.1, -0.05) is 18.2 Å². The van der Waals surface area contributed by atoms with Gasteiger partial charge in [0.2, 0.25) is 0 Å². The van der Waals surface area contributed by atoms with Crippen LogP contribution in [0.3, 0.4) is 0 Å². The van der Waals surface area contributed by atoms with Crippen LogP contribution in [0.25, 0.3) is 11.1 Å². The number of para-hydroxylation sites is 1. The summed E-state index contributed by atoms with van der Waals surface area (Å²) in [4.78, 5) is 1.63. The molecule has 0 aromatic heterocycles. The number of hydrogen-bond acceptors (Lipinski definition) is 2. The minimum Gasteiger partial charge on any atom is -0.405 e. The van der Waals surface area contributed by atoms with Gasteiger partial charge in [-0.3, -0.25) is 0 Å². The first kappa shape index (κ1) is 15.2. The Balaban J connectivity index is 2.57. The van der Waals surface area contributed by atoms with E-state index in [9.17, 15) is 17.6 Å². The van der Waals surface area contributed by atoms with Crippen LogP contribution >= 0.6 is 0 Å². The zero-order valence-corrected chi connectivity index (χ0v) is 11.4. The Morgan fingerprint density at radius 1 is 0.952 bits per heavy atom. The van der Waals surface area contributed by atoms with Crippen molar-refractivity contribution in [3.63, 3.8) is 0 Å². The van der Waals surface area contributed by atoms with E-state index in [0.717, 1.165) is 0 Å². The van der Waals surface area contributed by atoms with Crippen molar-refractivity contribution in [3.8, 4) is 16.9 Å². The number of benzene rings is 2. The first-order chi connectivity index (χ1) is 9.78. The van der Waals surface area contributed by atoms with Gasteiger partial charge in [0.15, 0.2) is 0 Å². The van der Waals surface area contributed by atoms with E-state index in [1.807, 2.05) is 0 Å². The third-order valence-electron chi connectivity index (χ3n) is 2.84. The Morgan fingerprint density at radius 2 is 1.62 bits per heavy atom. The summed E-state index contributed by atoms with van der Waals surface area (Å²) in [5, 5.41) is 0. The lowest BCUT2D eigenvalue weighted by atomic mass is 10.0. The Morgan fingerprint density at radius 3 is 2.24 bits per heavy atom. The Bertz CT molecular complexity index is 638. The van der Waals surface area contributed by atoms with Crippen molar-refractivity contribution in [1.82, 2.24) is 0 Å². The molecule has 0 N–H and O–H groups in total. The number of nitrogens with zero attached hydrogens (tertiary/aromatic N) is 1. The summed E-state index contributed by atoms with van der Waals surface area (Å²) in [7, 11) is 3.37. The molecule has 6 heteroatoms. The van der Waals surface area contributed by atoms with Crippen LogP contribution in [0.2, 0.25) is 0 Å². The van der Waals surface area contributed by atoms with Gasteiger partial charge in [0.1, 0.15) is 11.6 Å². The molecule has 112 valence electrons. The maximum Gasteiger partial charge on any atom is 0.573 e. The molecule has 2 rings (SSSR count). The monoisotopic (exact) mass is 299 g/mol. The summed E-state index contributed by atoms with van der Waals surface area (Å²) in [5.41, 5.74) is 1.17. The van der Waals surface area contributed by atoms with Gasteiger partial charge >= 0.3 is 6.36 Å². The van der Waals surface area contributed by atoms with Crippen molar-refractivity contribution in [2.45, 2.75) is 6.36 Å². The molecule has 21 heavy (non-hydrogen) atoms. The highest BCUT2D eigenvalue weighted by Crippen LogP contribution is 2.38. The van der Waals surface area contributed by atoms with Crippen LogP contribution in [-0.4, -0.2) is 20.5 Å². The van der Waals surface area contributed by atoms with Gasteiger partial charge in [0, 0.05) is 30.9 Å². The van der Waals surface area contributed by atoms with Crippen LogP contribution in [0.5, 0.6) is 5.75 Å². The highest BCUT2D eigenvalue weighted by molar-refractivity contribution is 5.82. The van der Waals surface area contributed by atoms with Crippen LogP contribution in [0, 0.1) is 5.82 Å². The quantitative estimate of drug-likeness (QED) is 0.776. The predicted molar refractivity (Wildman–Crippen MR) is 72.8 cm³/mol. The molecule has 0 saturated carbocycles. The van der Waals surface area contributed by atoms with Crippen LogP contribution in [0.4, 0.5) is 23.2 Å². The molecule has 2 aromatic rings. The van der Waals surface area contributed by atoms with Crippen LogP contribution in [-0.2, 0) is 0 Å². The van der Waals surface area contributed by atoms with Gasteiger partial charge in [0.05, 0.1) is 0 Å². The third-order valence-corrected chi connectivity index (χ3v) is 2.84. The van der Waals surface area contributed by atoms with Gasteiger partial charge in [-0.25, -0.2) is 4.39 Å². The normalized spacial score (nSPS) is 11.3. The molecule has 0 aliphatic heterocycles. The molecule has 0 heterocycles. The third kappa shape index (κ3) is 3.65. The number of alkyl halides is 3. The van der Waals surface area contributed by atoms with E-state index in [1.54, 1.807) is 25.1 Å². The van der Waals surface area contributed by atoms with Gasteiger partial charge in [0.25, 0.3) is 0 Å². The van der Waals surface area contributed by atoms with Crippen molar-refractivity contribution in [2.24, 2.45) is 0 Å². The Labute approximate surface area is 119 Å². The Hall–Kier alpha value is -2.24. The highest BCUT2D eigenvalue weighted by Gasteiger charge is 2.32. The lowest BCUT2D eigenvalue weighted by molar-refractivity contribution is -0.274. The zero-order valence-electron chi connectivity index (χ0n) is 11.4. The molecule has 0 atom stereocenters. The van der Waals surface area contributed by atoms with E-state index in [0.29, 0.717) is 11.3 Å². The van der Waals surface area contributed by atoms with Crippen LogP contribution in [0.15, 0.2) is 42.5 Å². The molecular weight excluding hydrogens is 286 g/mol. The van der Waals surface area contributed by atoms with Crippen molar-refractivity contribution in [3.05, 3.63) is 48.3 Å². The largest absolute Gasteiger partial charge is 0.573 e. The van der Waals surface area contributed by atoms with Gasteiger partial charge in [-0.15, -0.1) is 13.2 Å². The van der Waals surface area contributed by atoms with E-state index in [4.69, 9.17) is 0 Å². The maximum atomic E-state index is 13.4. The van der Waals surface area contributed by atoms with Crippen molar-refractivity contribution >= 4 is 5.69 Å². The Kier molecular flexibility index (Phi) is 4.06. The first-order valence-corrected chi connectivity index (χ1v) is 6.10. The molecule has 0 unspecified atom stereocenters. The molecule has 0 amide bonds. The molecule has 0 saturated heterocycles. The van der Waals surface area contributed by atoms with Gasteiger partial charge in [-0.2, -0.15) is 0 Å². The van der Waals surface area contributed by atoms with Gasteiger partial charge < -0.3 is 9.64 Å². The topological polar surface area (TPSA) is 12.5 Å². The van der Waals surface area contributed by atoms with Crippen molar-refractivity contribution in [1.29, 1.82) is 0 Å². The number of ether oxygens (including phenoxy) is 1. The van der Waals surface area contributed by atoms with E-state index in [2.05, 4.69) is 4.74 Å². The maximum absolute atomic E-state index is 13.4. The smallest absolute Gasteiger partial charge is 0.405 e. The summed E-state index contributed by atoms with van der Waals surface area (Å²) < 4.78 is 54.8. The van der Waals surface area contributed by atoms with E-state index in [1.165, 1.54) is 36.4 Å². The molecule has 0 aliphatic rings. The van der Waals surface area contributed by atoms with E-state index < -0.39 is 12.2 Å². The average Bonchev–Trinajstić information content (AvgIpc) is 2.37. The van der Waals surface area contributed by atoms with Crippen LogP contribution < -0.4 is 9.64 Å². The van der Waals surface area contributed by atoms with Gasteiger partial charge in [-0.05, 0) is 24.3 Å². The predicted octanol–water partition coefficient (Wildman–Crippen LogP) is 4.46. The second-order valence-electron chi connectivity index (χ2n) is 4.60. The summed E-state index contributed by atoms with van der Waals surface area (Å²) in [6, 6.07) is 9.67. The highest BCUT2D eigenvalue weighted by atomic mass is 19.4. The number of halogens is 4. The average molecular weight is 299 g/mol. The molecule has 0 radical (unpaired) electrons. The molecule has 0 spiro atoms. The fraction of sp³-hybridized carbons (Fsp3) is 0.200. The second kappa shape index (κ2) is 5.63. The molecule has 2 aromatic carbocycles. The van der Waals surface area contributed by atoms with E-state index in [-0.39, 0.29) is 11.3 Å². The fourth-order valence-electron chi connectivity index (χ4n) is 2.01. The standard InChI is InChI=1S/C15H13F4NO/c1-20(2)13-9-10(16)7-8-11(13)12-5-3-4-6-14(12)21-15(17,18)19/h3-9H,1-2H3. The van der Waals surface area contributed by atoms with E-state index >= 15 is 0 Å². The number of rotatable bonds is 3. The summed E-state index contributed by atoms with van der Waals surface area (Å²) in [6.45, 7) is 0. The van der Waals surface area contributed by atoms with Crippen LogP contribution in [0.1, 0.15) is 0 Å². The SMILES string of the molecule is CN(C)c1cc(F)ccc1-c1ccccc1OC(F)(F)F. The molecular formula is C15H13F4NO. The molecule has 2 nitrogen and oxygen atoms in total. The number of hydrogen-bond donors (Lipinski definition) is 0. The summed E-state index contributed by atoms with van der Waals surface area (Å²) >= 11 is 0. The minimum atomic E-state index is -4.78. The molecule has 0 aliphatic carbocycles. The molecule has 0 fully saturated rings.